The highest BCUT2D eigenvalue weighted by Crippen LogP contribution is 2.26. The third kappa shape index (κ3) is 5.88. The summed E-state index contributed by atoms with van der Waals surface area (Å²) in [6.45, 7) is 1.75. The van der Waals surface area contributed by atoms with Crippen LogP contribution in [0.3, 0.4) is 0 Å². The van der Waals surface area contributed by atoms with E-state index in [2.05, 4.69) is 0 Å². The van der Waals surface area contributed by atoms with Gasteiger partial charge in [0.05, 0.1) is 10.6 Å². The summed E-state index contributed by atoms with van der Waals surface area (Å²) in [5, 5.41) is 0. The Morgan fingerprint density at radius 1 is 1.32 bits per heavy atom. The smallest absolute Gasteiger partial charge is 0.148 e. The van der Waals surface area contributed by atoms with Gasteiger partial charge in [-0.3, -0.25) is 0 Å². The van der Waals surface area contributed by atoms with Crippen LogP contribution in [0.5, 0.6) is 0 Å². The van der Waals surface area contributed by atoms with E-state index in [4.69, 9.17) is 5.73 Å². The molecule has 1 aromatic carbocycles. The Balaban J connectivity index is 2.80. The van der Waals surface area contributed by atoms with Crippen molar-refractivity contribution in [1.29, 1.82) is 0 Å². The van der Waals surface area contributed by atoms with E-state index in [1.165, 1.54) is 12.1 Å². The van der Waals surface area contributed by atoms with Crippen LogP contribution in [0.2, 0.25) is 0 Å². The molecule has 3 nitrogen and oxygen atoms in total. The lowest BCUT2D eigenvalue weighted by atomic mass is 10.1. The average Bonchev–Trinajstić information content (AvgIpc) is 2.19. The summed E-state index contributed by atoms with van der Waals surface area (Å²) in [6.07, 6.45) is 1.48. The molecule has 0 fully saturated rings. The molecular weight excluding hydrogens is 292 g/mol. The summed E-state index contributed by atoms with van der Waals surface area (Å²) >= 11 is 0.868. The maximum absolute atomic E-state index is 13.7. The van der Waals surface area contributed by atoms with Crippen molar-refractivity contribution in [1.82, 2.24) is 0 Å². The van der Waals surface area contributed by atoms with E-state index in [0.29, 0.717) is 12.0 Å². The fourth-order valence-corrected chi connectivity index (χ4v) is 3.68. The second kappa shape index (κ2) is 6.67. The molecule has 19 heavy (non-hydrogen) atoms. The number of sulfone groups is 1. The molecule has 0 aliphatic rings. The van der Waals surface area contributed by atoms with Crippen molar-refractivity contribution < 1.29 is 17.2 Å². The molecule has 0 amide bonds. The van der Waals surface area contributed by atoms with Crippen LogP contribution in [-0.4, -0.2) is 32.2 Å². The number of rotatable bonds is 6. The van der Waals surface area contributed by atoms with E-state index in [1.54, 1.807) is 6.92 Å². The maximum Gasteiger partial charge on any atom is 0.148 e. The second-order valence-corrected chi connectivity index (χ2v) is 7.91. The fourth-order valence-electron chi connectivity index (χ4n) is 1.54. The van der Waals surface area contributed by atoms with Gasteiger partial charge in [0.25, 0.3) is 0 Å². The van der Waals surface area contributed by atoms with Gasteiger partial charge < -0.3 is 5.73 Å². The lowest BCUT2D eigenvalue weighted by Gasteiger charge is -2.09. The van der Waals surface area contributed by atoms with Gasteiger partial charge in [-0.1, -0.05) is 0 Å². The highest BCUT2D eigenvalue weighted by Gasteiger charge is 2.13. The largest absolute Gasteiger partial charge is 0.328 e. The first-order valence-electron chi connectivity index (χ1n) is 5.73. The molecule has 1 rings (SSSR count). The third-order valence-electron chi connectivity index (χ3n) is 2.32. The summed E-state index contributed by atoms with van der Waals surface area (Å²) in [7, 11) is -3.13. The van der Waals surface area contributed by atoms with Crippen molar-refractivity contribution in [2.75, 3.05) is 17.8 Å². The number of benzene rings is 1. The first-order valence-corrected chi connectivity index (χ1v) is 8.77. The number of hydrogen-bond acceptors (Lipinski definition) is 4. The van der Waals surface area contributed by atoms with Crippen LogP contribution >= 0.6 is 11.8 Å². The second-order valence-electron chi connectivity index (χ2n) is 4.55. The SMILES string of the molecule is CC(N)Cc1cc(F)c(SCCS(C)(=O)=O)c(F)c1. The van der Waals surface area contributed by atoms with Crippen LogP contribution in [-0.2, 0) is 16.3 Å². The Kier molecular flexibility index (Phi) is 5.76. The molecule has 0 saturated heterocycles. The summed E-state index contributed by atoms with van der Waals surface area (Å²) < 4.78 is 49.4. The number of nitrogens with two attached hydrogens (primary N) is 1. The van der Waals surface area contributed by atoms with Gasteiger partial charge in [0.2, 0.25) is 0 Å². The monoisotopic (exact) mass is 309 g/mol. The van der Waals surface area contributed by atoms with Crippen LogP contribution in [0, 0.1) is 11.6 Å². The molecule has 0 saturated carbocycles. The molecule has 0 aliphatic carbocycles. The third-order valence-corrected chi connectivity index (χ3v) is 4.61. The molecule has 1 unspecified atom stereocenters. The standard InChI is InChI=1S/C12H17F2NO2S2/c1-8(15)5-9-6-10(13)12(11(14)7-9)18-3-4-19(2,16)17/h6-8H,3-5,15H2,1-2H3. The van der Waals surface area contributed by atoms with Crippen molar-refractivity contribution >= 4 is 21.6 Å². The van der Waals surface area contributed by atoms with Crippen LogP contribution < -0.4 is 5.73 Å². The zero-order valence-electron chi connectivity index (χ0n) is 10.8. The van der Waals surface area contributed by atoms with Gasteiger partial charge in [0.15, 0.2) is 0 Å². The lowest BCUT2D eigenvalue weighted by Crippen LogP contribution is -2.18. The van der Waals surface area contributed by atoms with Gasteiger partial charge in [0.1, 0.15) is 21.5 Å². The van der Waals surface area contributed by atoms with Crippen LogP contribution in [0.25, 0.3) is 0 Å². The van der Waals surface area contributed by atoms with Gasteiger partial charge in [-0.15, -0.1) is 11.8 Å². The van der Waals surface area contributed by atoms with Crippen LogP contribution in [0.4, 0.5) is 8.78 Å². The number of hydrogen-bond donors (Lipinski definition) is 1. The molecule has 0 bridgehead atoms. The molecule has 1 atom stereocenters. The van der Waals surface area contributed by atoms with E-state index in [1.807, 2.05) is 0 Å². The number of halogens is 2. The minimum absolute atomic E-state index is 0.113. The predicted octanol–water partition coefficient (Wildman–Crippen LogP) is 1.99. The van der Waals surface area contributed by atoms with E-state index in [0.717, 1.165) is 18.0 Å². The molecular formula is C12H17F2NO2S2. The van der Waals surface area contributed by atoms with E-state index >= 15 is 0 Å². The van der Waals surface area contributed by atoms with Crippen molar-refractivity contribution in [3.05, 3.63) is 29.3 Å². The molecule has 0 aliphatic heterocycles. The molecule has 7 heteroatoms. The van der Waals surface area contributed by atoms with E-state index in [9.17, 15) is 17.2 Å². The lowest BCUT2D eigenvalue weighted by molar-refractivity contribution is 0.535. The van der Waals surface area contributed by atoms with Gasteiger partial charge in [-0.2, -0.15) is 0 Å². The van der Waals surface area contributed by atoms with Crippen molar-refractivity contribution in [2.24, 2.45) is 5.73 Å². The quantitative estimate of drug-likeness (QED) is 0.817. The topological polar surface area (TPSA) is 60.2 Å². The Morgan fingerprint density at radius 3 is 2.26 bits per heavy atom. The Hall–Kier alpha value is -0.660. The molecule has 0 aromatic heterocycles. The van der Waals surface area contributed by atoms with Crippen LogP contribution in [0.1, 0.15) is 12.5 Å². The van der Waals surface area contributed by atoms with Crippen LogP contribution in [0.15, 0.2) is 17.0 Å². The van der Waals surface area contributed by atoms with E-state index < -0.39 is 21.5 Å². The highest BCUT2D eigenvalue weighted by atomic mass is 32.2. The van der Waals surface area contributed by atoms with Gasteiger partial charge in [-0.05, 0) is 31.0 Å². The summed E-state index contributed by atoms with van der Waals surface area (Å²) in [5.41, 5.74) is 6.07. The van der Waals surface area contributed by atoms with E-state index in [-0.39, 0.29) is 22.4 Å². The summed E-state index contributed by atoms with van der Waals surface area (Å²) in [6, 6.07) is 2.31. The molecule has 108 valence electrons. The number of thioether (sulfide) groups is 1. The highest BCUT2D eigenvalue weighted by molar-refractivity contribution is 8.00. The van der Waals surface area contributed by atoms with Crippen molar-refractivity contribution in [3.63, 3.8) is 0 Å². The summed E-state index contributed by atoms with van der Waals surface area (Å²) in [4.78, 5) is -0.142. The molecule has 0 radical (unpaired) electrons. The Morgan fingerprint density at radius 2 is 1.84 bits per heavy atom. The summed E-state index contributed by atoms with van der Waals surface area (Å²) in [5.74, 6) is -1.33. The Labute approximate surface area is 116 Å². The molecule has 2 N–H and O–H groups in total. The molecule has 0 spiro atoms. The zero-order chi connectivity index (χ0) is 14.6. The normalized spacial score (nSPS) is 13.5. The van der Waals surface area contributed by atoms with Crippen molar-refractivity contribution in [2.45, 2.75) is 24.3 Å². The van der Waals surface area contributed by atoms with Crippen molar-refractivity contribution in [3.8, 4) is 0 Å². The Bertz CT molecular complexity index is 522. The first-order chi connectivity index (χ1) is 8.69. The predicted molar refractivity (Wildman–Crippen MR) is 74.1 cm³/mol. The average molecular weight is 309 g/mol. The molecule has 1 aromatic rings. The van der Waals surface area contributed by atoms with Gasteiger partial charge in [0, 0.05) is 18.1 Å². The minimum Gasteiger partial charge on any atom is -0.328 e. The first kappa shape index (κ1) is 16.4. The fraction of sp³-hybridized carbons (Fsp3) is 0.500. The zero-order valence-corrected chi connectivity index (χ0v) is 12.5. The molecule has 0 heterocycles. The van der Waals surface area contributed by atoms with Gasteiger partial charge in [-0.25, -0.2) is 17.2 Å². The minimum atomic E-state index is -3.13. The van der Waals surface area contributed by atoms with Gasteiger partial charge >= 0.3 is 0 Å². The maximum atomic E-state index is 13.7.